The van der Waals surface area contributed by atoms with Crippen LogP contribution in [0.25, 0.3) is 0 Å². The minimum atomic E-state index is -0.653. The van der Waals surface area contributed by atoms with Crippen molar-refractivity contribution < 1.29 is 39.9 Å². The van der Waals surface area contributed by atoms with Gasteiger partial charge in [0.2, 0.25) is 0 Å². The lowest BCUT2D eigenvalue weighted by Gasteiger charge is -2.03. The third-order valence-electron chi connectivity index (χ3n) is 12.1. The summed E-state index contributed by atoms with van der Waals surface area (Å²) in [6.45, 7) is 6.56. The van der Waals surface area contributed by atoms with Crippen LogP contribution in [0, 0.1) is 0 Å². The summed E-state index contributed by atoms with van der Waals surface area (Å²) >= 11 is 0. The molecule has 0 atom stereocenters. The standard InChI is InChI=1S/3C18H36O2.C2H6O2/c3*1-2-3-4-5-6-7-8-9-10-11-12-13-14-15-16-17-18(19)20;3-1-2-4/h3*2-17H2,1H3,(H,19,20);3-4H,1-2H2. The molecule has 0 saturated heterocycles. The highest BCUT2D eigenvalue weighted by Gasteiger charge is 2.00. The van der Waals surface area contributed by atoms with Gasteiger partial charge in [-0.25, -0.2) is 0 Å². The van der Waals surface area contributed by atoms with Crippen LogP contribution in [0.3, 0.4) is 0 Å². The van der Waals surface area contributed by atoms with Crippen molar-refractivity contribution in [2.24, 2.45) is 0 Å². The van der Waals surface area contributed by atoms with Gasteiger partial charge in [0.25, 0.3) is 0 Å². The third kappa shape index (κ3) is 83.8. The maximum atomic E-state index is 10.3. The first kappa shape index (κ1) is 68.9. The maximum Gasteiger partial charge on any atom is 0.303 e. The number of aliphatic hydroxyl groups is 2. The van der Waals surface area contributed by atoms with Crippen molar-refractivity contribution in [3.8, 4) is 0 Å². The van der Waals surface area contributed by atoms with Gasteiger partial charge >= 0.3 is 17.9 Å². The molecule has 64 heavy (non-hydrogen) atoms. The zero-order valence-electron chi connectivity index (χ0n) is 43.3. The lowest BCUT2D eigenvalue weighted by Crippen LogP contribution is -1.93. The van der Waals surface area contributed by atoms with Crippen molar-refractivity contribution in [3.63, 3.8) is 0 Å². The van der Waals surface area contributed by atoms with E-state index < -0.39 is 17.9 Å². The molecule has 0 radical (unpaired) electrons. The molecule has 5 N–H and O–H groups in total. The van der Waals surface area contributed by atoms with Gasteiger partial charge in [0, 0.05) is 19.3 Å². The van der Waals surface area contributed by atoms with Gasteiger partial charge in [0.05, 0.1) is 13.2 Å². The van der Waals surface area contributed by atoms with Gasteiger partial charge in [0.1, 0.15) is 0 Å². The molecule has 0 spiro atoms. The summed E-state index contributed by atoms with van der Waals surface area (Å²) in [6.07, 6.45) is 60.6. The summed E-state index contributed by atoms with van der Waals surface area (Å²) in [5.74, 6) is -1.96. The maximum absolute atomic E-state index is 10.3. The van der Waals surface area contributed by atoms with Crippen molar-refractivity contribution >= 4 is 17.9 Å². The minimum absolute atomic E-state index is 0.125. The van der Waals surface area contributed by atoms with Gasteiger partial charge in [-0.15, -0.1) is 0 Å². The second kappa shape index (κ2) is 67.9. The molecule has 0 aliphatic heterocycles. The molecule has 0 amide bonds. The number of carboxylic acids is 3. The van der Waals surface area contributed by atoms with Crippen LogP contribution in [0.2, 0.25) is 0 Å². The lowest BCUT2D eigenvalue weighted by molar-refractivity contribution is -0.138. The van der Waals surface area contributed by atoms with Crippen molar-refractivity contribution in [1.82, 2.24) is 0 Å². The average molecular weight is 916 g/mol. The van der Waals surface area contributed by atoms with Gasteiger partial charge in [-0.05, 0) is 19.3 Å². The van der Waals surface area contributed by atoms with E-state index in [1.807, 2.05) is 0 Å². The Bertz CT molecular complexity index is 744. The van der Waals surface area contributed by atoms with E-state index in [2.05, 4.69) is 20.8 Å². The Kier molecular flexibility index (Phi) is 73.1. The van der Waals surface area contributed by atoms with Crippen LogP contribution in [-0.2, 0) is 14.4 Å². The van der Waals surface area contributed by atoms with Crippen LogP contribution < -0.4 is 0 Å². The fourth-order valence-corrected chi connectivity index (χ4v) is 7.94. The molecule has 0 bridgehead atoms. The Morgan fingerprint density at radius 3 is 0.422 bits per heavy atom. The molecule has 0 rings (SSSR count). The van der Waals surface area contributed by atoms with Crippen molar-refractivity contribution in [3.05, 3.63) is 0 Å². The summed E-state index contributed by atoms with van der Waals surface area (Å²) in [5, 5.41) is 40.8. The van der Waals surface area contributed by atoms with Gasteiger partial charge < -0.3 is 25.5 Å². The van der Waals surface area contributed by atoms with Crippen molar-refractivity contribution in [2.45, 2.75) is 329 Å². The Morgan fingerprint density at radius 1 is 0.219 bits per heavy atom. The van der Waals surface area contributed by atoms with Gasteiger partial charge in [-0.1, -0.05) is 290 Å². The van der Waals surface area contributed by atoms with Gasteiger partial charge in [-0.2, -0.15) is 0 Å². The number of rotatable bonds is 49. The Hall–Kier alpha value is -1.67. The second-order valence-corrected chi connectivity index (χ2v) is 18.7. The van der Waals surface area contributed by atoms with E-state index >= 15 is 0 Å². The lowest BCUT2D eigenvalue weighted by atomic mass is 10.0. The molecule has 8 heteroatoms. The van der Waals surface area contributed by atoms with Crippen LogP contribution in [0.5, 0.6) is 0 Å². The smallest absolute Gasteiger partial charge is 0.303 e. The quantitative estimate of drug-likeness (QED) is 0.0378. The Labute approximate surface area is 398 Å². The van der Waals surface area contributed by atoms with Crippen molar-refractivity contribution in [2.75, 3.05) is 13.2 Å². The highest BCUT2D eigenvalue weighted by Crippen LogP contribution is 2.16. The monoisotopic (exact) mass is 915 g/mol. The zero-order chi connectivity index (χ0) is 48.1. The summed E-state index contributed by atoms with van der Waals surface area (Å²) < 4.78 is 0. The SMILES string of the molecule is CCCCCCCCCCCCCCCCCC(=O)O.CCCCCCCCCCCCCCCCCC(=O)O.CCCCCCCCCCCCCCCCCC(=O)O.OCCO. The summed E-state index contributed by atoms with van der Waals surface area (Å²) in [6, 6.07) is 0. The first-order valence-electron chi connectivity index (χ1n) is 28.1. The average Bonchev–Trinajstić information content (AvgIpc) is 3.28. The number of carboxylic acid groups (broad SMARTS) is 3. The molecular weight excluding hydrogens is 801 g/mol. The second-order valence-electron chi connectivity index (χ2n) is 18.7. The van der Waals surface area contributed by atoms with E-state index in [-0.39, 0.29) is 13.2 Å². The molecule has 0 aliphatic rings. The van der Waals surface area contributed by atoms with Crippen LogP contribution >= 0.6 is 0 Å². The van der Waals surface area contributed by atoms with Crippen LogP contribution in [-0.4, -0.2) is 56.7 Å². The zero-order valence-corrected chi connectivity index (χ0v) is 43.3. The molecule has 0 heterocycles. The van der Waals surface area contributed by atoms with Crippen LogP contribution in [0.15, 0.2) is 0 Å². The third-order valence-corrected chi connectivity index (χ3v) is 12.1. The van der Waals surface area contributed by atoms with E-state index in [1.54, 1.807) is 0 Å². The Balaban J connectivity index is -0.000000404. The molecule has 386 valence electrons. The predicted molar refractivity (Wildman–Crippen MR) is 276 cm³/mol. The predicted octanol–water partition coefficient (Wildman–Crippen LogP) is 18.0. The number of hydrogen-bond donors (Lipinski definition) is 5. The molecular formula is C56H114O8. The summed E-state index contributed by atoms with van der Waals surface area (Å²) in [7, 11) is 0. The summed E-state index contributed by atoms with van der Waals surface area (Å²) in [4.78, 5) is 31.0. The first-order valence-corrected chi connectivity index (χ1v) is 28.1. The Morgan fingerprint density at radius 2 is 0.328 bits per heavy atom. The van der Waals surface area contributed by atoms with Gasteiger partial charge in [0.15, 0.2) is 0 Å². The van der Waals surface area contributed by atoms with E-state index in [4.69, 9.17) is 25.5 Å². The molecule has 0 aromatic heterocycles. The highest BCUT2D eigenvalue weighted by atomic mass is 16.4. The largest absolute Gasteiger partial charge is 0.481 e. The van der Waals surface area contributed by atoms with Crippen molar-refractivity contribution in [1.29, 1.82) is 0 Å². The number of aliphatic carboxylic acids is 3. The molecule has 0 aromatic rings. The summed E-state index contributed by atoms with van der Waals surface area (Å²) in [5.41, 5.74) is 0. The fourth-order valence-electron chi connectivity index (χ4n) is 7.94. The van der Waals surface area contributed by atoms with E-state index in [9.17, 15) is 14.4 Å². The number of aliphatic hydroxyl groups excluding tert-OH is 2. The van der Waals surface area contributed by atoms with E-state index in [0.717, 1.165) is 38.5 Å². The highest BCUT2D eigenvalue weighted by molar-refractivity contribution is 5.67. The van der Waals surface area contributed by atoms with Crippen LogP contribution in [0.4, 0.5) is 0 Å². The first-order chi connectivity index (χ1) is 31.2. The molecule has 8 nitrogen and oxygen atoms in total. The number of carbonyl (C=O) groups is 3. The van der Waals surface area contributed by atoms with Gasteiger partial charge in [-0.3, -0.25) is 14.4 Å². The minimum Gasteiger partial charge on any atom is -0.481 e. The molecule has 0 fully saturated rings. The fraction of sp³-hybridized carbons (Fsp3) is 0.946. The van der Waals surface area contributed by atoms with Crippen LogP contribution in [0.1, 0.15) is 329 Å². The molecule has 0 unspecified atom stereocenters. The van der Waals surface area contributed by atoms with E-state index in [0.29, 0.717) is 19.3 Å². The normalized spacial score (nSPS) is 10.6. The topological polar surface area (TPSA) is 152 Å². The molecule has 0 aliphatic carbocycles. The van der Waals surface area contributed by atoms with E-state index in [1.165, 1.54) is 250 Å². The number of hydrogen-bond acceptors (Lipinski definition) is 5. The molecule has 0 aromatic carbocycles. The number of unbranched alkanes of at least 4 members (excludes halogenated alkanes) is 42. The molecule has 0 saturated carbocycles.